The number of carbonyl (C=O) groups excluding carboxylic acids is 1. The van der Waals surface area contributed by atoms with Gasteiger partial charge in [-0.05, 0) is 7.05 Å². The van der Waals surface area contributed by atoms with E-state index in [-0.39, 0.29) is 17.7 Å². The Labute approximate surface area is 76.9 Å². The maximum atomic E-state index is 10.9. The van der Waals surface area contributed by atoms with Crippen LogP contribution in [0.15, 0.2) is 0 Å². The molecule has 1 heterocycles. The number of likely N-dealkylation sites (tertiary alicyclic amines) is 1. The fourth-order valence-corrected chi connectivity index (χ4v) is 1.82. The Balaban J connectivity index is 2.72. The van der Waals surface area contributed by atoms with Crippen molar-refractivity contribution < 1.29 is 4.79 Å². The van der Waals surface area contributed by atoms with E-state index in [0.717, 1.165) is 6.54 Å². The van der Waals surface area contributed by atoms with E-state index < -0.39 is 0 Å². The molecule has 1 aliphatic heterocycles. The van der Waals surface area contributed by atoms with E-state index >= 15 is 0 Å². The first-order valence-electron chi connectivity index (χ1n) is 3.79. The van der Waals surface area contributed by atoms with Gasteiger partial charge in [-0.3, -0.25) is 4.79 Å². The monoisotopic (exact) mass is 187 g/mol. The molecule has 5 heteroatoms. The van der Waals surface area contributed by atoms with Crippen LogP contribution in [0.5, 0.6) is 0 Å². The Morgan fingerprint density at radius 3 is 2.25 bits per heavy atom. The van der Waals surface area contributed by atoms with Crippen molar-refractivity contribution in [2.75, 3.05) is 20.1 Å². The first-order valence-corrected chi connectivity index (χ1v) is 4.20. The van der Waals surface area contributed by atoms with Gasteiger partial charge in [0.15, 0.2) is 0 Å². The second kappa shape index (κ2) is 3.37. The summed E-state index contributed by atoms with van der Waals surface area (Å²) in [5, 5.41) is 0. The van der Waals surface area contributed by atoms with Gasteiger partial charge in [-0.15, -0.1) is 0 Å². The summed E-state index contributed by atoms with van der Waals surface area (Å²) in [6.45, 7) is 1.40. The Bertz CT molecular complexity index is 197. The zero-order valence-corrected chi connectivity index (χ0v) is 7.80. The van der Waals surface area contributed by atoms with Gasteiger partial charge < -0.3 is 16.4 Å². The van der Waals surface area contributed by atoms with Crippen molar-refractivity contribution in [3.8, 4) is 0 Å². The molecule has 1 aliphatic rings. The van der Waals surface area contributed by atoms with Crippen molar-refractivity contribution in [1.82, 2.24) is 4.90 Å². The van der Waals surface area contributed by atoms with Crippen LogP contribution in [0.2, 0.25) is 0 Å². The molecule has 4 nitrogen and oxygen atoms in total. The highest BCUT2D eigenvalue weighted by atomic mass is 32.1. The molecular formula is C7H13N3OS. The summed E-state index contributed by atoms with van der Waals surface area (Å²) in [6.07, 6.45) is 0. The molecule has 0 aliphatic carbocycles. The van der Waals surface area contributed by atoms with Gasteiger partial charge in [0.05, 0.1) is 10.9 Å². The number of carbonyl (C=O) groups is 1. The summed E-state index contributed by atoms with van der Waals surface area (Å²) >= 11 is 4.85. The van der Waals surface area contributed by atoms with E-state index in [1.165, 1.54) is 0 Å². The lowest BCUT2D eigenvalue weighted by Crippen LogP contribution is -2.35. The summed E-state index contributed by atoms with van der Waals surface area (Å²) in [6, 6.07) is 0. The molecule has 0 aromatic carbocycles. The quantitative estimate of drug-likeness (QED) is 0.540. The highest BCUT2D eigenvalue weighted by molar-refractivity contribution is 7.80. The maximum absolute atomic E-state index is 10.9. The van der Waals surface area contributed by atoms with Crippen LogP contribution in [0.1, 0.15) is 0 Å². The Morgan fingerprint density at radius 1 is 1.42 bits per heavy atom. The summed E-state index contributed by atoms with van der Waals surface area (Å²) in [5.74, 6) is -0.549. The first-order chi connectivity index (χ1) is 5.52. The van der Waals surface area contributed by atoms with Crippen molar-refractivity contribution in [2.24, 2.45) is 23.3 Å². The van der Waals surface area contributed by atoms with Crippen molar-refractivity contribution in [3.63, 3.8) is 0 Å². The Hall–Kier alpha value is -0.680. The molecule has 0 aromatic rings. The van der Waals surface area contributed by atoms with Crippen LogP contribution in [0.25, 0.3) is 0 Å². The number of hydrogen-bond donors (Lipinski definition) is 2. The topological polar surface area (TPSA) is 72.3 Å². The smallest absolute Gasteiger partial charge is 0.222 e. The molecule has 12 heavy (non-hydrogen) atoms. The third kappa shape index (κ3) is 1.73. The molecule has 1 saturated heterocycles. The molecule has 68 valence electrons. The minimum absolute atomic E-state index is 0.0394. The molecule has 0 saturated carbocycles. The SMILES string of the molecule is CN1C[C@@H](C(N)=O)[C@H](C(N)=S)C1. The van der Waals surface area contributed by atoms with Crippen molar-refractivity contribution in [1.29, 1.82) is 0 Å². The molecule has 1 fully saturated rings. The van der Waals surface area contributed by atoms with E-state index in [1.807, 2.05) is 11.9 Å². The van der Waals surface area contributed by atoms with Crippen LogP contribution in [-0.2, 0) is 4.79 Å². The molecule has 4 N–H and O–H groups in total. The van der Waals surface area contributed by atoms with Crippen LogP contribution in [0.4, 0.5) is 0 Å². The van der Waals surface area contributed by atoms with Crippen LogP contribution in [-0.4, -0.2) is 35.9 Å². The number of hydrogen-bond acceptors (Lipinski definition) is 3. The number of primary amides is 1. The van der Waals surface area contributed by atoms with E-state index in [4.69, 9.17) is 23.7 Å². The number of rotatable bonds is 2. The lowest BCUT2D eigenvalue weighted by molar-refractivity contribution is -0.121. The molecule has 1 amide bonds. The molecule has 0 unspecified atom stereocenters. The average Bonchev–Trinajstić information content (AvgIpc) is 2.31. The summed E-state index contributed by atoms with van der Waals surface area (Å²) in [4.78, 5) is 13.3. The number of thiocarbonyl (C=S) groups is 1. The highest BCUT2D eigenvalue weighted by Gasteiger charge is 2.36. The second-order valence-corrected chi connectivity index (χ2v) is 3.71. The van der Waals surface area contributed by atoms with Gasteiger partial charge in [-0.1, -0.05) is 12.2 Å². The predicted octanol–water partition coefficient (Wildman–Crippen LogP) is -1.06. The van der Waals surface area contributed by atoms with Gasteiger partial charge in [0.25, 0.3) is 0 Å². The Morgan fingerprint density at radius 2 is 1.92 bits per heavy atom. The summed E-state index contributed by atoms with van der Waals surface area (Å²) in [7, 11) is 1.92. The van der Waals surface area contributed by atoms with E-state index in [0.29, 0.717) is 11.5 Å². The lowest BCUT2D eigenvalue weighted by Gasteiger charge is -2.12. The zero-order valence-electron chi connectivity index (χ0n) is 6.99. The molecule has 0 aromatic heterocycles. The molecule has 0 radical (unpaired) electrons. The van der Waals surface area contributed by atoms with Crippen LogP contribution in [0.3, 0.4) is 0 Å². The van der Waals surface area contributed by atoms with Crippen molar-refractivity contribution in [3.05, 3.63) is 0 Å². The second-order valence-electron chi connectivity index (χ2n) is 3.24. The number of nitrogens with zero attached hydrogens (tertiary/aromatic N) is 1. The first kappa shape index (κ1) is 9.41. The van der Waals surface area contributed by atoms with Gasteiger partial charge in [-0.25, -0.2) is 0 Å². The number of amides is 1. The minimum atomic E-state index is -0.308. The fraction of sp³-hybridized carbons (Fsp3) is 0.714. The van der Waals surface area contributed by atoms with Gasteiger partial charge >= 0.3 is 0 Å². The summed E-state index contributed by atoms with van der Waals surface area (Å²) in [5.41, 5.74) is 10.7. The highest BCUT2D eigenvalue weighted by Crippen LogP contribution is 2.21. The van der Waals surface area contributed by atoms with E-state index in [1.54, 1.807) is 0 Å². The normalized spacial score (nSPS) is 30.4. The largest absolute Gasteiger partial charge is 0.393 e. The number of nitrogens with two attached hydrogens (primary N) is 2. The lowest BCUT2D eigenvalue weighted by atomic mass is 9.96. The van der Waals surface area contributed by atoms with Crippen molar-refractivity contribution >= 4 is 23.1 Å². The maximum Gasteiger partial charge on any atom is 0.222 e. The minimum Gasteiger partial charge on any atom is -0.393 e. The van der Waals surface area contributed by atoms with Gasteiger partial charge in [0, 0.05) is 19.0 Å². The molecule has 2 atom stereocenters. The van der Waals surface area contributed by atoms with E-state index in [2.05, 4.69) is 0 Å². The molecule has 0 spiro atoms. The average molecular weight is 187 g/mol. The van der Waals surface area contributed by atoms with Gasteiger partial charge in [0.1, 0.15) is 0 Å². The van der Waals surface area contributed by atoms with Crippen LogP contribution in [0, 0.1) is 11.8 Å². The molecule has 0 bridgehead atoms. The van der Waals surface area contributed by atoms with Gasteiger partial charge in [-0.2, -0.15) is 0 Å². The van der Waals surface area contributed by atoms with Crippen LogP contribution >= 0.6 is 12.2 Å². The molecular weight excluding hydrogens is 174 g/mol. The third-order valence-corrected chi connectivity index (χ3v) is 2.54. The summed E-state index contributed by atoms with van der Waals surface area (Å²) < 4.78 is 0. The van der Waals surface area contributed by atoms with Gasteiger partial charge in [0.2, 0.25) is 5.91 Å². The fourth-order valence-electron chi connectivity index (χ4n) is 1.58. The third-order valence-electron chi connectivity index (χ3n) is 2.23. The van der Waals surface area contributed by atoms with Crippen LogP contribution < -0.4 is 11.5 Å². The standard InChI is InChI=1S/C7H13N3OS/c1-10-2-4(6(8)11)5(3-10)7(9)12/h4-5H,2-3H2,1H3,(H2,8,11)(H2,9,12)/t4-,5-/m1/s1. The zero-order chi connectivity index (χ0) is 9.30. The van der Waals surface area contributed by atoms with E-state index in [9.17, 15) is 4.79 Å². The van der Waals surface area contributed by atoms with Crippen molar-refractivity contribution in [2.45, 2.75) is 0 Å². The molecule has 1 rings (SSSR count). The predicted molar refractivity (Wildman–Crippen MR) is 50.5 cm³/mol. The Kier molecular flexibility index (Phi) is 2.64.